The normalized spacial score (nSPS) is 18.2. The summed E-state index contributed by atoms with van der Waals surface area (Å²) >= 11 is 6.83. The van der Waals surface area contributed by atoms with E-state index < -0.39 is 22.0 Å². The summed E-state index contributed by atoms with van der Waals surface area (Å²) in [6.45, 7) is 0.278. The maximum atomic E-state index is 12.8. The first-order valence-electron chi connectivity index (χ1n) is 8.15. The molecule has 3 N–H and O–H groups in total. The van der Waals surface area contributed by atoms with E-state index in [2.05, 4.69) is 15.3 Å². The number of amides is 1. The quantitative estimate of drug-likeness (QED) is 0.593. The van der Waals surface area contributed by atoms with E-state index in [0.29, 0.717) is 33.9 Å². The Bertz CT molecular complexity index is 1180. The number of aromatic amines is 2. The second-order valence-electron chi connectivity index (χ2n) is 6.16. The van der Waals surface area contributed by atoms with Crippen LogP contribution >= 0.6 is 22.9 Å². The predicted octanol–water partition coefficient (Wildman–Crippen LogP) is 2.36. The summed E-state index contributed by atoms with van der Waals surface area (Å²) in [7, 11) is -3.78. The molecule has 0 unspecified atom stereocenters. The van der Waals surface area contributed by atoms with Crippen molar-refractivity contribution in [3.63, 3.8) is 0 Å². The standard InChI is InChI=1S/C16H15ClN4O4S2/c17-13-5-6-14(26-13)27(24,25)21-7-1-2-12(21)15(22)18-9-3-4-10-11(8-9)20-16(23)19-10/h3-6,8,12H,1-2,7H2,(H,18,22)(H2,19,20,23)/t12-/m1/s1. The molecular formula is C16H15ClN4O4S2. The Morgan fingerprint density at radius 1 is 1.22 bits per heavy atom. The summed E-state index contributed by atoms with van der Waals surface area (Å²) in [5.41, 5.74) is 1.32. The van der Waals surface area contributed by atoms with Gasteiger partial charge in [0, 0.05) is 12.2 Å². The predicted molar refractivity (Wildman–Crippen MR) is 104 cm³/mol. The van der Waals surface area contributed by atoms with Crippen LogP contribution in [0.4, 0.5) is 5.69 Å². The number of aromatic nitrogens is 2. The van der Waals surface area contributed by atoms with Gasteiger partial charge in [-0.05, 0) is 43.2 Å². The molecule has 8 nitrogen and oxygen atoms in total. The van der Waals surface area contributed by atoms with E-state index in [1.165, 1.54) is 16.4 Å². The molecule has 142 valence electrons. The maximum absolute atomic E-state index is 12.8. The highest BCUT2D eigenvalue weighted by molar-refractivity contribution is 7.91. The van der Waals surface area contributed by atoms with E-state index in [1.807, 2.05) is 0 Å². The molecule has 3 aromatic rings. The molecule has 1 amide bonds. The Kier molecular flexibility index (Phi) is 4.58. The number of nitrogens with zero attached hydrogens (tertiary/aromatic N) is 1. The second kappa shape index (κ2) is 6.79. The van der Waals surface area contributed by atoms with Crippen molar-refractivity contribution < 1.29 is 13.2 Å². The minimum atomic E-state index is -3.78. The Morgan fingerprint density at radius 3 is 2.74 bits per heavy atom. The summed E-state index contributed by atoms with van der Waals surface area (Å²) in [5.74, 6) is -0.407. The van der Waals surface area contributed by atoms with Gasteiger partial charge < -0.3 is 15.3 Å². The van der Waals surface area contributed by atoms with Crippen molar-refractivity contribution in [2.45, 2.75) is 23.1 Å². The van der Waals surface area contributed by atoms with Gasteiger partial charge in [0.1, 0.15) is 10.3 Å². The number of imidazole rings is 1. The number of carbonyl (C=O) groups excluding carboxylic acids is 1. The van der Waals surface area contributed by atoms with Crippen LogP contribution in [-0.2, 0) is 14.8 Å². The molecule has 11 heteroatoms. The summed E-state index contributed by atoms with van der Waals surface area (Å²) < 4.78 is 27.4. The van der Waals surface area contributed by atoms with Crippen LogP contribution in [0, 0.1) is 0 Å². The van der Waals surface area contributed by atoms with Gasteiger partial charge in [0.15, 0.2) is 0 Å². The van der Waals surface area contributed by atoms with E-state index in [-0.39, 0.29) is 16.4 Å². The molecule has 0 aliphatic carbocycles. The summed E-state index contributed by atoms with van der Waals surface area (Å²) in [6, 6.07) is 7.12. The lowest BCUT2D eigenvalue weighted by Crippen LogP contribution is -2.42. The van der Waals surface area contributed by atoms with Crippen LogP contribution in [0.2, 0.25) is 4.34 Å². The lowest BCUT2D eigenvalue weighted by Gasteiger charge is -2.22. The molecule has 27 heavy (non-hydrogen) atoms. The molecule has 1 aromatic carbocycles. The Labute approximate surface area is 163 Å². The molecule has 1 aliphatic rings. The number of H-pyrrole nitrogens is 2. The van der Waals surface area contributed by atoms with E-state index in [0.717, 1.165) is 11.3 Å². The average molecular weight is 427 g/mol. The van der Waals surface area contributed by atoms with Gasteiger partial charge in [-0.25, -0.2) is 13.2 Å². The summed E-state index contributed by atoms with van der Waals surface area (Å²) in [6.07, 6.45) is 1.04. The Hall–Kier alpha value is -2.14. The molecule has 1 saturated heterocycles. The molecule has 0 radical (unpaired) electrons. The van der Waals surface area contributed by atoms with Crippen molar-refractivity contribution in [2.75, 3.05) is 11.9 Å². The van der Waals surface area contributed by atoms with E-state index >= 15 is 0 Å². The molecule has 0 bridgehead atoms. The van der Waals surface area contributed by atoms with Gasteiger partial charge in [-0.15, -0.1) is 11.3 Å². The van der Waals surface area contributed by atoms with Crippen molar-refractivity contribution in [2.24, 2.45) is 0 Å². The largest absolute Gasteiger partial charge is 0.325 e. The van der Waals surface area contributed by atoms with Crippen LogP contribution in [0.25, 0.3) is 11.0 Å². The zero-order valence-electron chi connectivity index (χ0n) is 13.9. The third kappa shape index (κ3) is 3.41. The zero-order valence-corrected chi connectivity index (χ0v) is 16.2. The molecule has 1 fully saturated rings. The minimum Gasteiger partial charge on any atom is -0.325 e. The SMILES string of the molecule is O=C(Nc1ccc2[nH]c(=O)[nH]c2c1)[C@H]1CCCN1S(=O)(=O)c1ccc(Cl)s1. The van der Waals surface area contributed by atoms with Crippen LogP contribution in [-0.4, -0.2) is 41.2 Å². The van der Waals surface area contributed by atoms with E-state index in [4.69, 9.17) is 11.6 Å². The van der Waals surface area contributed by atoms with Crippen LogP contribution in [0.3, 0.4) is 0 Å². The highest BCUT2D eigenvalue weighted by atomic mass is 35.5. The maximum Gasteiger partial charge on any atom is 0.323 e. The number of thiophene rings is 1. The summed E-state index contributed by atoms with van der Waals surface area (Å²) in [4.78, 5) is 29.3. The fourth-order valence-electron chi connectivity index (χ4n) is 3.18. The van der Waals surface area contributed by atoms with Gasteiger partial charge in [0.25, 0.3) is 10.0 Å². The van der Waals surface area contributed by atoms with Crippen LogP contribution in [0.15, 0.2) is 39.3 Å². The van der Waals surface area contributed by atoms with Crippen molar-refractivity contribution in [3.05, 3.63) is 45.2 Å². The monoisotopic (exact) mass is 426 g/mol. The highest BCUT2D eigenvalue weighted by Crippen LogP contribution is 2.32. The van der Waals surface area contributed by atoms with Gasteiger partial charge in [-0.1, -0.05) is 11.6 Å². The Balaban J connectivity index is 1.57. The first-order valence-corrected chi connectivity index (χ1v) is 10.8. The third-order valence-corrected chi connectivity index (χ3v) is 8.01. The first-order chi connectivity index (χ1) is 12.8. The van der Waals surface area contributed by atoms with E-state index in [9.17, 15) is 18.0 Å². The van der Waals surface area contributed by atoms with E-state index in [1.54, 1.807) is 18.2 Å². The molecule has 4 rings (SSSR count). The number of hydrogen-bond donors (Lipinski definition) is 3. The number of halogens is 1. The topological polar surface area (TPSA) is 115 Å². The number of sulfonamides is 1. The third-order valence-electron chi connectivity index (χ3n) is 4.40. The smallest absolute Gasteiger partial charge is 0.323 e. The lowest BCUT2D eigenvalue weighted by molar-refractivity contribution is -0.119. The number of carbonyl (C=O) groups is 1. The lowest BCUT2D eigenvalue weighted by atomic mass is 10.2. The molecule has 3 heterocycles. The average Bonchev–Trinajstić information content (AvgIpc) is 3.32. The second-order valence-corrected chi connectivity index (χ2v) is 9.99. The van der Waals surface area contributed by atoms with Gasteiger partial charge in [0.2, 0.25) is 5.91 Å². The zero-order chi connectivity index (χ0) is 19.2. The number of hydrogen-bond acceptors (Lipinski definition) is 5. The molecule has 0 spiro atoms. The van der Waals surface area contributed by atoms with Crippen molar-refractivity contribution >= 4 is 55.6 Å². The van der Waals surface area contributed by atoms with Gasteiger partial charge in [-0.3, -0.25) is 4.79 Å². The van der Waals surface area contributed by atoms with Gasteiger partial charge in [-0.2, -0.15) is 4.31 Å². The first kappa shape index (κ1) is 18.2. The van der Waals surface area contributed by atoms with Crippen molar-refractivity contribution in [1.29, 1.82) is 0 Å². The fraction of sp³-hybridized carbons (Fsp3) is 0.250. The highest BCUT2D eigenvalue weighted by Gasteiger charge is 2.40. The molecule has 2 aromatic heterocycles. The fourth-order valence-corrected chi connectivity index (χ4v) is 6.45. The van der Waals surface area contributed by atoms with Crippen LogP contribution < -0.4 is 11.0 Å². The molecule has 0 saturated carbocycles. The van der Waals surface area contributed by atoms with Crippen molar-refractivity contribution in [3.8, 4) is 0 Å². The van der Waals surface area contributed by atoms with Crippen LogP contribution in [0.1, 0.15) is 12.8 Å². The number of fused-ring (bicyclic) bond motifs is 1. The molecular weight excluding hydrogens is 412 g/mol. The van der Waals surface area contributed by atoms with Crippen LogP contribution in [0.5, 0.6) is 0 Å². The molecule has 1 aliphatic heterocycles. The number of nitrogens with one attached hydrogen (secondary N) is 3. The number of benzene rings is 1. The Morgan fingerprint density at radius 2 is 2.00 bits per heavy atom. The van der Waals surface area contributed by atoms with Gasteiger partial charge >= 0.3 is 5.69 Å². The van der Waals surface area contributed by atoms with Crippen molar-refractivity contribution in [1.82, 2.24) is 14.3 Å². The summed E-state index contributed by atoms with van der Waals surface area (Å²) in [5, 5.41) is 2.74. The molecule has 1 atom stereocenters. The number of rotatable bonds is 4. The van der Waals surface area contributed by atoms with Gasteiger partial charge in [0.05, 0.1) is 15.4 Å². The number of anilines is 1. The minimum absolute atomic E-state index is 0.124.